The van der Waals surface area contributed by atoms with Gasteiger partial charge in [-0.2, -0.15) is 0 Å². The zero-order chi connectivity index (χ0) is 14.7. The van der Waals surface area contributed by atoms with Gasteiger partial charge in [-0.05, 0) is 6.92 Å². The second kappa shape index (κ2) is 6.07. The Balaban J connectivity index is 1.95. The second-order valence-corrected chi connectivity index (χ2v) is 5.81. The third kappa shape index (κ3) is 3.38. The third-order valence-corrected chi connectivity index (χ3v) is 4.21. The zero-order valence-corrected chi connectivity index (χ0v) is 12.1. The summed E-state index contributed by atoms with van der Waals surface area (Å²) in [5.41, 5.74) is 5.96. The highest BCUT2D eigenvalue weighted by molar-refractivity contribution is 7.10. The number of thiazole rings is 2. The molecule has 0 radical (unpaired) electrons. The van der Waals surface area contributed by atoms with E-state index >= 15 is 0 Å². The van der Waals surface area contributed by atoms with E-state index in [0.29, 0.717) is 15.7 Å². The first-order valence-electron chi connectivity index (χ1n) is 5.64. The summed E-state index contributed by atoms with van der Waals surface area (Å²) in [5.74, 6) is -1.42. The molecule has 0 bridgehead atoms. The van der Waals surface area contributed by atoms with Gasteiger partial charge in [0.25, 0.3) is 5.91 Å². The minimum Gasteiger partial charge on any atom is -0.476 e. The summed E-state index contributed by atoms with van der Waals surface area (Å²) < 4.78 is 0. The first-order chi connectivity index (χ1) is 9.47. The molecule has 2 aromatic heterocycles. The highest BCUT2D eigenvalue weighted by atomic mass is 32.1. The van der Waals surface area contributed by atoms with Crippen LogP contribution in [0.2, 0.25) is 0 Å². The number of aromatic nitrogens is 2. The summed E-state index contributed by atoms with van der Waals surface area (Å²) in [7, 11) is 0. The van der Waals surface area contributed by atoms with Crippen LogP contribution in [-0.2, 0) is 6.54 Å². The molecule has 106 valence electrons. The third-order valence-electron chi connectivity index (χ3n) is 2.32. The van der Waals surface area contributed by atoms with Gasteiger partial charge in [0.2, 0.25) is 0 Å². The van der Waals surface area contributed by atoms with Crippen LogP contribution >= 0.6 is 22.7 Å². The number of carboxylic acids is 1. The van der Waals surface area contributed by atoms with Crippen molar-refractivity contribution in [2.75, 3.05) is 0 Å². The number of aromatic carboxylic acids is 1. The summed E-state index contributed by atoms with van der Waals surface area (Å²) in [5, 5.41) is 15.7. The van der Waals surface area contributed by atoms with Gasteiger partial charge in [-0.25, -0.2) is 14.8 Å². The van der Waals surface area contributed by atoms with Crippen molar-refractivity contribution in [1.29, 1.82) is 0 Å². The molecule has 2 rings (SSSR count). The Morgan fingerprint density at radius 3 is 2.60 bits per heavy atom. The van der Waals surface area contributed by atoms with E-state index in [-0.39, 0.29) is 24.2 Å². The van der Waals surface area contributed by atoms with Crippen LogP contribution in [0.5, 0.6) is 0 Å². The minimum atomic E-state index is -1.08. The number of carbonyl (C=O) groups excluding carboxylic acids is 1. The van der Waals surface area contributed by atoms with Gasteiger partial charge in [0.15, 0.2) is 5.69 Å². The fourth-order valence-corrected chi connectivity index (χ4v) is 2.80. The molecule has 1 atom stereocenters. The van der Waals surface area contributed by atoms with Crippen molar-refractivity contribution in [3.05, 3.63) is 32.2 Å². The molecule has 20 heavy (non-hydrogen) atoms. The SMILES string of the molecule is CC(N)c1nc(C(=O)NCc2nc(C(=O)O)cs2)cs1. The molecular weight excluding hydrogens is 300 g/mol. The van der Waals surface area contributed by atoms with E-state index in [9.17, 15) is 9.59 Å². The molecule has 0 spiro atoms. The normalized spacial score (nSPS) is 12.1. The molecule has 0 aliphatic heterocycles. The zero-order valence-electron chi connectivity index (χ0n) is 10.5. The molecule has 0 saturated carbocycles. The van der Waals surface area contributed by atoms with Crippen LogP contribution < -0.4 is 11.1 Å². The van der Waals surface area contributed by atoms with E-state index in [1.165, 1.54) is 28.1 Å². The molecule has 1 unspecified atom stereocenters. The van der Waals surface area contributed by atoms with E-state index in [1.54, 1.807) is 12.3 Å². The number of nitrogens with two attached hydrogens (primary N) is 1. The lowest BCUT2D eigenvalue weighted by Gasteiger charge is -2.00. The lowest BCUT2D eigenvalue weighted by Crippen LogP contribution is -2.23. The van der Waals surface area contributed by atoms with Gasteiger partial charge in [0.1, 0.15) is 15.7 Å². The van der Waals surface area contributed by atoms with Gasteiger partial charge in [0, 0.05) is 10.8 Å². The maximum atomic E-state index is 11.8. The summed E-state index contributed by atoms with van der Waals surface area (Å²) >= 11 is 2.51. The molecule has 9 heteroatoms. The number of carbonyl (C=O) groups is 2. The Bertz CT molecular complexity index is 635. The standard InChI is InChI=1S/C11H12N4O3S2/c1-5(12)10-15-6(3-20-10)9(16)13-2-8-14-7(4-19-8)11(17)18/h3-5H,2,12H2,1H3,(H,13,16)(H,17,18). The second-order valence-electron chi connectivity index (χ2n) is 3.97. The summed E-state index contributed by atoms with van der Waals surface area (Å²) in [6.45, 7) is 1.96. The summed E-state index contributed by atoms with van der Waals surface area (Å²) in [6, 6.07) is -0.210. The Hall–Kier alpha value is -1.84. The Labute approximate surface area is 122 Å². The van der Waals surface area contributed by atoms with Gasteiger partial charge in [0.05, 0.1) is 12.6 Å². The highest BCUT2D eigenvalue weighted by Gasteiger charge is 2.14. The van der Waals surface area contributed by atoms with Crippen molar-refractivity contribution in [2.24, 2.45) is 5.73 Å². The number of rotatable bonds is 5. The average molecular weight is 312 g/mol. The molecular formula is C11H12N4O3S2. The number of hydrogen-bond acceptors (Lipinski definition) is 7. The van der Waals surface area contributed by atoms with Crippen LogP contribution in [0.25, 0.3) is 0 Å². The number of carboxylic acid groups (broad SMARTS) is 1. The van der Waals surface area contributed by atoms with Gasteiger partial charge in [-0.3, -0.25) is 4.79 Å². The fourth-order valence-electron chi connectivity index (χ4n) is 1.34. The molecule has 0 aliphatic rings. The smallest absolute Gasteiger partial charge is 0.355 e. The number of hydrogen-bond donors (Lipinski definition) is 3. The van der Waals surface area contributed by atoms with Gasteiger partial charge < -0.3 is 16.2 Å². The van der Waals surface area contributed by atoms with Crippen molar-refractivity contribution in [2.45, 2.75) is 19.5 Å². The lowest BCUT2D eigenvalue weighted by molar-refractivity contribution is 0.0691. The molecule has 1 amide bonds. The maximum absolute atomic E-state index is 11.8. The first-order valence-corrected chi connectivity index (χ1v) is 7.40. The van der Waals surface area contributed by atoms with E-state index < -0.39 is 5.97 Å². The van der Waals surface area contributed by atoms with E-state index in [4.69, 9.17) is 10.8 Å². The predicted octanol–water partition coefficient (Wildman–Crippen LogP) is 1.25. The van der Waals surface area contributed by atoms with E-state index in [1.807, 2.05) is 0 Å². The van der Waals surface area contributed by atoms with Gasteiger partial charge in [-0.15, -0.1) is 22.7 Å². The Morgan fingerprint density at radius 1 is 1.35 bits per heavy atom. The van der Waals surface area contributed by atoms with Crippen LogP contribution in [0, 0.1) is 0 Å². The lowest BCUT2D eigenvalue weighted by atomic mass is 10.4. The van der Waals surface area contributed by atoms with Crippen LogP contribution in [0.3, 0.4) is 0 Å². The number of nitrogens with zero attached hydrogens (tertiary/aromatic N) is 2. The average Bonchev–Trinajstić information content (AvgIpc) is 3.05. The van der Waals surface area contributed by atoms with Crippen molar-refractivity contribution in [3.63, 3.8) is 0 Å². The first kappa shape index (κ1) is 14.6. The predicted molar refractivity (Wildman–Crippen MR) is 75.0 cm³/mol. The van der Waals surface area contributed by atoms with Crippen molar-refractivity contribution < 1.29 is 14.7 Å². The van der Waals surface area contributed by atoms with E-state index in [2.05, 4.69) is 15.3 Å². The monoisotopic (exact) mass is 312 g/mol. The summed E-state index contributed by atoms with van der Waals surface area (Å²) in [6.07, 6.45) is 0. The van der Waals surface area contributed by atoms with Crippen LogP contribution in [-0.4, -0.2) is 27.0 Å². The highest BCUT2D eigenvalue weighted by Crippen LogP contribution is 2.16. The van der Waals surface area contributed by atoms with Crippen LogP contribution in [0.1, 0.15) is 44.0 Å². The van der Waals surface area contributed by atoms with Crippen molar-refractivity contribution in [3.8, 4) is 0 Å². The Morgan fingerprint density at radius 2 is 2.05 bits per heavy atom. The van der Waals surface area contributed by atoms with Gasteiger partial charge >= 0.3 is 5.97 Å². The van der Waals surface area contributed by atoms with Crippen molar-refractivity contribution in [1.82, 2.24) is 15.3 Å². The minimum absolute atomic E-state index is 0.0212. The van der Waals surface area contributed by atoms with Gasteiger partial charge in [-0.1, -0.05) is 0 Å². The molecule has 7 nitrogen and oxygen atoms in total. The molecule has 0 fully saturated rings. The Kier molecular flexibility index (Phi) is 4.42. The number of nitrogens with one attached hydrogen (secondary N) is 1. The summed E-state index contributed by atoms with van der Waals surface area (Å²) in [4.78, 5) is 30.5. The quantitative estimate of drug-likeness (QED) is 0.764. The fraction of sp³-hybridized carbons (Fsp3) is 0.273. The van der Waals surface area contributed by atoms with Crippen molar-refractivity contribution >= 4 is 34.6 Å². The van der Waals surface area contributed by atoms with Crippen LogP contribution in [0.4, 0.5) is 0 Å². The molecule has 0 aromatic carbocycles. The largest absolute Gasteiger partial charge is 0.476 e. The maximum Gasteiger partial charge on any atom is 0.355 e. The molecule has 0 aliphatic carbocycles. The molecule has 2 aromatic rings. The van der Waals surface area contributed by atoms with Crippen LogP contribution in [0.15, 0.2) is 10.8 Å². The molecule has 0 saturated heterocycles. The molecule has 4 N–H and O–H groups in total. The topological polar surface area (TPSA) is 118 Å². The number of amides is 1. The van der Waals surface area contributed by atoms with E-state index in [0.717, 1.165) is 0 Å². The molecule has 2 heterocycles.